The molecule has 1 rings (SSSR count). The normalized spacial score (nSPS) is 11.5. The summed E-state index contributed by atoms with van der Waals surface area (Å²) in [7, 11) is 0. The first-order valence-electron chi connectivity index (χ1n) is 6.00. The summed E-state index contributed by atoms with van der Waals surface area (Å²) in [6, 6.07) is 2.45. The third-order valence-corrected chi connectivity index (χ3v) is 4.65. The fourth-order valence-corrected chi connectivity index (χ4v) is 2.89. The monoisotopic (exact) mass is 380 g/mol. The van der Waals surface area contributed by atoms with Crippen LogP contribution in [0.25, 0.3) is 0 Å². The lowest BCUT2D eigenvalue weighted by atomic mass is 9.91. The van der Waals surface area contributed by atoms with Gasteiger partial charge in [-0.1, -0.05) is 32.5 Å². The second-order valence-electron chi connectivity index (χ2n) is 5.57. The molecule has 0 aliphatic heterocycles. The van der Waals surface area contributed by atoms with Crippen LogP contribution in [0.5, 0.6) is 0 Å². The van der Waals surface area contributed by atoms with E-state index in [9.17, 15) is 14.0 Å². The molecule has 0 aliphatic carbocycles. The summed E-state index contributed by atoms with van der Waals surface area (Å²) in [6.45, 7) is 6.18. The molecule has 0 heterocycles. The number of carbonyl (C=O) groups excluding carboxylic acids is 2. The Labute approximate surface area is 135 Å². The Morgan fingerprint density at radius 3 is 2.45 bits per heavy atom. The molecule has 0 saturated carbocycles. The van der Waals surface area contributed by atoms with Gasteiger partial charge in [0.15, 0.2) is 5.12 Å². The van der Waals surface area contributed by atoms with Gasteiger partial charge in [0.1, 0.15) is 5.82 Å². The van der Waals surface area contributed by atoms with Gasteiger partial charge >= 0.3 is 0 Å². The summed E-state index contributed by atoms with van der Waals surface area (Å²) >= 11 is 9.47. The Bertz CT molecular complexity index is 541. The zero-order chi connectivity index (χ0) is 15.5. The molecule has 0 N–H and O–H groups in total. The van der Waals surface area contributed by atoms with Crippen molar-refractivity contribution in [2.75, 3.05) is 0 Å². The van der Waals surface area contributed by atoms with Gasteiger partial charge in [0.05, 0.1) is 5.56 Å². The Balaban J connectivity index is 2.85. The highest BCUT2D eigenvalue weighted by atomic mass is 79.9. The summed E-state index contributed by atoms with van der Waals surface area (Å²) in [6.07, 6.45) is 1.18. The quantitative estimate of drug-likeness (QED) is 0.516. The van der Waals surface area contributed by atoms with Crippen LogP contribution in [0, 0.1) is 11.2 Å². The van der Waals surface area contributed by atoms with Crippen molar-refractivity contribution in [3.05, 3.63) is 28.0 Å². The third-order valence-electron chi connectivity index (χ3n) is 2.54. The average molecular weight is 382 g/mol. The van der Waals surface area contributed by atoms with Gasteiger partial charge in [0.25, 0.3) is 5.24 Å². The van der Waals surface area contributed by atoms with Crippen molar-refractivity contribution < 1.29 is 14.0 Å². The van der Waals surface area contributed by atoms with E-state index < -0.39 is 11.1 Å². The van der Waals surface area contributed by atoms with Crippen LogP contribution in [0.2, 0.25) is 0 Å². The maximum Gasteiger partial charge on any atom is 0.255 e. The number of carbonyl (C=O) groups is 2. The predicted molar refractivity (Wildman–Crippen MR) is 83.8 cm³/mol. The molecule has 0 atom stereocenters. The van der Waals surface area contributed by atoms with Crippen molar-refractivity contribution >= 4 is 49.7 Å². The van der Waals surface area contributed by atoms with Crippen molar-refractivity contribution in [3.8, 4) is 0 Å². The van der Waals surface area contributed by atoms with E-state index in [0.717, 1.165) is 24.2 Å². The van der Waals surface area contributed by atoms with E-state index in [1.807, 2.05) is 0 Å². The molecule has 0 amide bonds. The van der Waals surface area contributed by atoms with E-state index >= 15 is 0 Å². The van der Waals surface area contributed by atoms with Gasteiger partial charge in [-0.25, -0.2) is 4.39 Å². The largest absolute Gasteiger partial charge is 0.287 e. The zero-order valence-corrected chi connectivity index (χ0v) is 14.6. The summed E-state index contributed by atoms with van der Waals surface area (Å²) in [5.74, 6) is -0.705. The number of hydrogen-bond acceptors (Lipinski definition) is 3. The molecule has 0 fully saturated rings. The molecular weight excluding hydrogens is 367 g/mol. The molecular formula is C14H15BrClFO2S. The first-order valence-corrected chi connectivity index (χ1v) is 7.98. The molecule has 6 heteroatoms. The standard InChI is InChI=1S/C14H15BrClFO2S/c1-14(2,3)5-4-12(18)20-11-6-8(13(16)19)10(17)7-9(11)15/h6-7H,4-5H2,1-3H3. The van der Waals surface area contributed by atoms with Crippen LogP contribution in [0.4, 0.5) is 4.39 Å². The van der Waals surface area contributed by atoms with Crippen LogP contribution in [0.1, 0.15) is 44.0 Å². The number of hydrogen-bond donors (Lipinski definition) is 0. The van der Waals surface area contributed by atoms with E-state index in [4.69, 9.17) is 11.6 Å². The molecule has 0 spiro atoms. The van der Waals surface area contributed by atoms with E-state index in [1.54, 1.807) is 0 Å². The fourth-order valence-electron chi connectivity index (χ4n) is 1.41. The van der Waals surface area contributed by atoms with E-state index in [1.165, 1.54) is 6.07 Å². The zero-order valence-electron chi connectivity index (χ0n) is 11.4. The maximum absolute atomic E-state index is 13.5. The second-order valence-corrected chi connectivity index (χ2v) is 7.87. The average Bonchev–Trinajstić information content (AvgIpc) is 2.28. The van der Waals surface area contributed by atoms with Crippen molar-refractivity contribution in [1.29, 1.82) is 0 Å². The number of benzene rings is 1. The summed E-state index contributed by atoms with van der Waals surface area (Å²) in [5, 5.41) is -0.904. The predicted octanol–water partition coefficient (Wildman–Crippen LogP) is 5.41. The molecule has 110 valence electrons. The maximum atomic E-state index is 13.5. The topological polar surface area (TPSA) is 34.1 Å². The van der Waals surface area contributed by atoms with Crippen molar-refractivity contribution in [1.82, 2.24) is 0 Å². The van der Waals surface area contributed by atoms with Crippen LogP contribution in [0.3, 0.4) is 0 Å². The molecule has 0 radical (unpaired) electrons. The van der Waals surface area contributed by atoms with Crippen molar-refractivity contribution in [2.45, 2.75) is 38.5 Å². The molecule has 0 aromatic heterocycles. The highest BCUT2D eigenvalue weighted by Crippen LogP contribution is 2.33. The van der Waals surface area contributed by atoms with Crippen molar-refractivity contribution in [2.24, 2.45) is 5.41 Å². The van der Waals surface area contributed by atoms with Gasteiger partial charge in [-0.15, -0.1) is 0 Å². The van der Waals surface area contributed by atoms with Gasteiger partial charge in [-0.05, 0) is 51.5 Å². The van der Waals surface area contributed by atoms with Crippen LogP contribution in [0.15, 0.2) is 21.5 Å². The lowest BCUT2D eigenvalue weighted by Gasteiger charge is -2.16. The summed E-state index contributed by atoms with van der Waals surface area (Å²) in [5.41, 5.74) is -0.144. The first kappa shape index (κ1) is 17.7. The Kier molecular flexibility index (Phi) is 6.23. The molecule has 0 saturated heterocycles. The van der Waals surface area contributed by atoms with Gasteiger partial charge in [0, 0.05) is 15.8 Å². The smallest absolute Gasteiger partial charge is 0.255 e. The van der Waals surface area contributed by atoms with Gasteiger partial charge in [-0.3, -0.25) is 9.59 Å². The minimum atomic E-state index is -0.876. The van der Waals surface area contributed by atoms with Crippen molar-refractivity contribution in [3.63, 3.8) is 0 Å². The number of thioether (sulfide) groups is 1. The molecule has 0 aliphatic rings. The van der Waals surface area contributed by atoms with Crippen LogP contribution in [-0.4, -0.2) is 10.4 Å². The minimum Gasteiger partial charge on any atom is -0.287 e. The SMILES string of the molecule is CC(C)(C)CCC(=O)Sc1cc(C(=O)Cl)c(F)cc1Br. The van der Waals surface area contributed by atoms with Crippen LogP contribution >= 0.6 is 39.3 Å². The van der Waals surface area contributed by atoms with Crippen LogP contribution in [-0.2, 0) is 4.79 Å². The number of halogens is 3. The Morgan fingerprint density at radius 1 is 1.35 bits per heavy atom. The highest BCUT2D eigenvalue weighted by Gasteiger charge is 2.18. The lowest BCUT2D eigenvalue weighted by molar-refractivity contribution is -0.111. The Morgan fingerprint density at radius 2 is 1.95 bits per heavy atom. The van der Waals surface area contributed by atoms with E-state index in [0.29, 0.717) is 15.8 Å². The molecule has 1 aromatic carbocycles. The fraction of sp³-hybridized carbons (Fsp3) is 0.429. The van der Waals surface area contributed by atoms with Gasteiger partial charge in [0.2, 0.25) is 0 Å². The molecule has 0 bridgehead atoms. The molecule has 2 nitrogen and oxygen atoms in total. The first-order chi connectivity index (χ1) is 9.10. The van der Waals surface area contributed by atoms with Crippen LogP contribution < -0.4 is 0 Å². The highest BCUT2D eigenvalue weighted by molar-refractivity contribution is 9.10. The van der Waals surface area contributed by atoms with E-state index in [-0.39, 0.29) is 16.1 Å². The molecule has 0 unspecified atom stereocenters. The third kappa shape index (κ3) is 5.54. The van der Waals surface area contributed by atoms with Gasteiger partial charge in [-0.2, -0.15) is 0 Å². The lowest BCUT2D eigenvalue weighted by Crippen LogP contribution is -2.07. The number of rotatable bonds is 4. The van der Waals surface area contributed by atoms with E-state index in [2.05, 4.69) is 36.7 Å². The minimum absolute atomic E-state index is 0.0276. The molecule has 20 heavy (non-hydrogen) atoms. The van der Waals surface area contributed by atoms with Gasteiger partial charge < -0.3 is 0 Å². The second kappa shape index (κ2) is 7.05. The molecule has 1 aromatic rings. The Hall–Kier alpha value is -0.390. The summed E-state index contributed by atoms with van der Waals surface area (Å²) < 4.78 is 13.9. The summed E-state index contributed by atoms with van der Waals surface area (Å²) in [4.78, 5) is 23.5.